The number of aromatic nitrogens is 3. The van der Waals surface area contributed by atoms with Gasteiger partial charge in [0.05, 0.1) is 12.8 Å². The second-order valence-corrected chi connectivity index (χ2v) is 5.37. The second kappa shape index (κ2) is 4.19. The van der Waals surface area contributed by atoms with Crippen LogP contribution in [0.4, 0.5) is 0 Å². The van der Waals surface area contributed by atoms with E-state index in [4.69, 9.17) is 9.72 Å². The summed E-state index contributed by atoms with van der Waals surface area (Å²) < 4.78 is 7.45. The van der Waals surface area contributed by atoms with E-state index in [1.807, 2.05) is 22.8 Å². The lowest BCUT2D eigenvalue weighted by Crippen LogP contribution is -2.27. The molecule has 3 aromatic heterocycles. The zero-order valence-corrected chi connectivity index (χ0v) is 12.3. The number of hydrogen-bond donors (Lipinski definition) is 1. The Kier molecular flexibility index (Phi) is 2.42. The van der Waals surface area contributed by atoms with Gasteiger partial charge in [-0.2, -0.15) is 5.10 Å². The predicted octanol–water partition coefficient (Wildman–Crippen LogP) is 3.08. The lowest BCUT2D eigenvalue weighted by Gasteiger charge is -1.99. The van der Waals surface area contributed by atoms with Crippen LogP contribution in [0.1, 0.15) is 11.3 Å². The van der Waals surface area contributed by atoms with Crippen molar-refractivity contribution in [2.45, 2.75) is 13.8 Å². The summed E-state index contributed by atoms with van der Waals surface area (Å²) in [5, 5.41) is 5.65. The van der Waals surface area contributed by atoms with Crippen molar-refractivity contribution in [3.63, 3.8) is 0 Å². The number of hydrogen-bond acceptors (Lipinski definition) is 2. The van der Waals surface area contributed by atoms with Crippen molar-refractivity contribution in [3.05, 3.63) is 47.8 Å². The number of fused-ring (bicyclic) bond motifs is 5. The largest absolute Gasteiger partial charge is 0.494 e. The van der Waals surface area contributed by atoms with Gasteiger partial charge in [-0.3, -0.25) is 0 Å². The highest BCUT2D eigenvalue weighted by Gasteiger charge is 2.17. The first-order valence-electron chi connectivity index (χ1n) is 6.96. The molecule has 4 rings (SSSR count). The Morgan fingerprint density at radius 2 is 1.90 bits per heavy atom. The van der Waals surface area contributed by atoms with Crippen molar-refractivity contribution in [3.8, 4) is 5.75 Å². The second-order valence-electron chi connectivity index (χ2n) is 5.37. The fraction of sp³-hybridized carbons (Fsp3) is 0.176. The van der Waals surface area contributed by atoms with Crippen LogP contribution in [0.2, 0.25) is 0 Å². The normalized spacial score (nSPS) is 11.6. The van der Waals surface area contributed by atoms with Crippen LogP contribution in [0.25, 0.3) is 27.3 Å². The van der Waals surface area contributed by atoms with Crippen LogP contribution in [0, 0.1) is 13.8 Å². The fourth-order valence-electron chi connectivity index (χ4n) is 2.84. The molecule has 0 saturated carbocycles. The SMILES string of the molecule is COc1cccc2c1nc1c2cc[n+]2[nH]c(C)c(C)cc12. The molecule has 3 heterocycles. The molecule has 1 N–H and O–H groups in total. The smallest absolute Gasteiger partial charge is 0.261 e. The Labute approximate surface area is 122 Å². The summed E-state index contributed by atoms with van der Waals surface area (Å²) in [4.78, 5) is 4.82. The Morgan fingerprint density at radius 3 is 2.71 bits per heavy atom. The zero-order chi connectivity index (χ0) is 14.6. The van der Waals surface area contributed by atoms with Crippen LogP contribution in [0.3, 0.4) is 0 Å². The lowest BCUT2D eigenvalue weighted by atomic mass is 10.1. The number of H-pyrrole nitrogens is 1. The van der Waals surface area contributed by atoms with Gasteiger partial charge in [-0.05, 0) is 25.5 Å². The Hall–Kier alpha value is -2.62. The highest BCUT2D eigenvalue weighted by molar-refractivity contribution is 6.12. The molecule has 0 aliphatic rings. The minimum Gasteiger partial charge on any atom is -0.494 e. The summed E-state index contributed by atoms with van der Waals surface area (Å²) in [6.45, 7) is 4.18. The van der Waals surface area contributed by atoms with Crippen molar-refractivity contribution in [1.29, 1.82) is 0 Å². The molecule has 0 radical (unpaired) electrons. The summed E-state index contributed by atoms with van der Waals surface area (Å²) in [6.07, 6.45) is 2.05. The maximum Gasteiger partial charge on any atom is 0.261 e. The van der Waals surface area contributed by atoms with E-state index in [1.54, 1.807) is 7.11 Å². The Balaban J connectivity index is 2.23. The van der Waals surface area contributed by atoms with E-state index in [0.29, 0.717) is 0 Å². The van der Waals surface area contributed by atoms with Gasteiger partial charge < -0.3 is 4.74 Å². The summed E-state index contributed by atoms with van der Waals surface area (Å²) in [7, 11) is 1.68. The number of nitrogens with one attached hydrogen (secondary N) is 1. The van der Waals surface area contributed by atoms with Crippen LogP contribution in [-0.2, 0) is 0 Å². The Bertz CT molecular complexity index is 1000. The van der Waals surface area contributed by atoms with Gasteiger partial charge in [-0.1, -0.05) is 16.6 Å². The third kappa shape index (κ3) is 1.62. The predicted molar refractivity (Wildman–Crippen MR) is 82.8 cm³/mol. The molecule has 0 unspecified atom stereocenters. The minimum absolute atomic E-state index is 0.815. The zero-order valence-electron chi connectivity index (χ0n) is 12.3. The molecule has 0 aliphatic heterocycles. The summed E-state index contributed by atoms with van der Waals surface area (Å²) >= 11 is 0. The first-order chi connectivity index (χ1) is 10.2. The maximum atomic E-state index is 5.43. The molecule has 0 spiro atoms. The number of para-hydroxylation sites is 1. The molecule has 0 bridgehead atoms. The molecule has 21 heavy (non-hydrogen) atoms. The van der Waals surface area contributed by atoms with E-state index in [1.165, 1.54) is 5.56 Å². The Morgan fingerprint density at radius 1 is 1.10 bits per heavy atom. The first-order valence-corrected chi connectivity index (χ1v) is 6.96. The van der Waals surface area contributed by atoms with E-state index in [9.17, 15) is 0 Å². The van der Waals surface area contributed by atoms with Crippen molar-refractivity contribution < 1.29 is 9.25 Å². The third-order valence-electron chi connectivity index (χ3n) is 4.11. The number of nitrogens with zero attached hydrogens (tertiary/aromatic N) is 2. The van der Waals surface area contributed by atoms with Crippen LogP contribution in [0.5, 0.6) is 5.75 Å². The molecule has 0 saturated heterocycles. The molecule has 0 atom stereocenters. The third-order valence-corrected chi connectivity index (χ3v) is 4.11. The van der Waals surface area contributed by atoms with Gasteiger partial charge >= 0.3 is 0 Å². The van der Waals surface area contributed by atoms with Gasteiger partial charge in [0.15, 0.2) is 0 Å². The highest BCUT2D eigenvalue weighted by Crippen LogP contribution is 2.32. The highest BCUT2D eigenvalue weighted by atomic mass is 16.5. The molecule has 4 nitrogen and oxygen atoms in total. The molecule has 0 fully saturated rings. The topological polar surface area (TPSA) is 42.0 Å². The lowest BCUT2D eigenvalue weighted by molar-refractivity contribution is -0.580. The molecule has 0 amide bonds. The van der Waals surface area contributed by atoms with E-state index in [2.05, 4.69) is 37.1 Å². The summed E-state index contributed by atoms with van der Waals surface area (Å²) in [5.41, 5.74) is 5.37. The van der Waals surface area contributed by atoms with Crippen LogP contribution in [-0.4, -0.2) is 17.2 Å². The molecule has 104 valence electrons. The van der Waals surface area contributed by atoms with Crippen LogP contribution in [0.15, 0.2) is 36.5 Å². The molecule has 1 aromatic carbocycles. The van der Waals surface area contributed by atoms with Gasteiger partial charge in [0, 0.05) is 22.9 Å². The van der Waals surface area contributed by atoms with Gasteiger partial charge in [-0.15, -0.1) is 0 Å². The van der Waals surface area contributed by atoms with Crippen molar-refractivity contribution in [1.82, 2.24) is 10.1 Å². The molecular weight excluding hydrogens is 262 g/mol. The minimum atomic E-state index is 0.815. The number of aromatic amines is 1. The fourth-order valence-corrected chi connectivity index (χ4v) is 2.84. The van der Waals surface area contributed by atoms with Crippen LogP contribution >= 0.6 is 0 Å². The van der Waals surface area contributed by atoms with Crippen molar-refractivity contribution in [2.75, 3.05) is 7.11 Å². The average molecular weight is 278 g/mol. The van der Waals surface area contributed by atoms with Crippen LogP contribution < -0.4 is 9.25 Å². The van der Waals surface area contributed by atoms with E-state index in [-0.39, 0.29) is 0 Å². The first kappa shape index (κ1) is 12.1. The molecule has 4 heteroatoms. The number of methoxy groups -OCH3 is 1. The van der Waals surface area contributed by atoms with Crippen molar-refractivity contribution >= 4 is 27.3 Å². The molecule has 4 aromatic rings. The molecule has 0 aliphatic carbocycles. The monoisotopic (exact) mass is 278 g/mol. The number of aryl methyl sites for hydroxylation is 2. The van der Waals surface area contributed by atoms with Gasteiger partial charge in [-0.25, -0.2) is 4.98 Å². The number of ether oxygens (including phenoxy) is 1. The van der Waals surface area contributed by atoms with Gasteiger partial charge in [0.1, 0.15) is 16.8 Å². The maximum absolute atomic E-state index is 5.43. The van der Waals surface area contributed by atoms with Crippen molar-refractivity contribution in [2.24, 2.45) is 0 Å². The average Bonchev–Trinajstić information content (AvgIpc) is 2.87. The number of benzene rings is 1. The number of pyridine rings is 1. The standard InChI is InChI=1S/C17H15N3O/c1-10-9-14-16-13(7-8-20(14)19-11(10)2)12-5-4-6-15(21-3)17(12)18-16/h4-9H,1-3H3/p+1. The van der Waals surface area contributed by atoms with Gasteiger partial charge in [0.2, 0.25) is 6.20 Å². The van der Waals surface area contributed by atoms with E-state index in [0.717, 1.165) is 38.8 Å². The van der Waals surface area contributed by atoms with Gasteiger partial charge in [0.25, 0.3) is 5.52 Å². The summed E-state index contributed by atoms with van der Waals surface area (Å²) in [6, 6.07) is 10.3. The number of rotatable bonds is 1. The summed E-state index contributed by atoms with van der Waals surface area (Å²) in [5.74, 6) is 0.815. The van der Waals surface area contributed by atoms with E-state index < -0.39 is 0 Å². The molecular formula is C17H16N3O+. The van der Waals surface area contributed by atoms with E-state index >= 15 is 0 Å². The quantitative estimate of drug-likeness (QED) is 0.544.